The second-order valence-corrected chi connectivity index (χ2v) is 12.5. The average molecular weight is 641 g/mol. The van der Waals surface area contributed by atoms with Crippen LogP contribution in [0.3, 0.4) is 0 Å². The Hall–Kier alpha value is -2.98. The Labute approximate surface area is 256 Å². The molecule has 0 fully saturated rings. The van der Waals surface area contributed by atoms with Crippen LogP contribution in [0.15, 0.2) is 66.7 Å². The molecule has 8 nitrogen and oxygen atoms in total. The Kier molecular flexibility index (Phi) is 11.7. The number of anilines is 1. The van der Waals surface area contributed by atoms with E-state index in [1.807, 2.05) is 37.3 Å². The monoisotopic (exact) mass is 639 g/mol. The fourth-order valence-electron chi connectivity index (χ4n) is 4.18. The summed E-state index contributed by atoms with van der Waals surface area (Å²) in [5.74, 6) is -0.601. The Morgan fingerprint density at radius 2 is 1.63 bits per heavy atom. The van der Waals surface area contributed by atoms with Crippen LogP contribution < -0.4 is 14.4 Å². The van der Waals surface area contributed by atoms with Crippen molar-refractivity contribution in [2.75, 3.05) is 30.8 Å². The van der Waals surface area contributed by atoms with Gasteiger partial charge in [-0.3, -0.25) is 13.9 Å². The van der Waals surface area contributed by atoms with E-state index in [9.17, 15) is 18.0 Å². The minimum Gasteiger partial charge on any atom is -0.495 e. The van der Waals surface area contributed by atoms with E-state index in [4.69, 9.17) is 39.5 Å². The fraction of sp³-hybridized carbons (Fsp3) is 0.310. The van der Waals surface area contributed by atoms with Crippen LogP contribution in [0.5, 0.6) is 5.75 Å². The Morgan fingerprint density at radius 3 is 2.22 bits per heavy atom. The molecule has 0 aromatic heterocycles. The smallest absolute Gasteiger partial charge is 0.244 e. The highest BCUT2D eigenvalue weighted by Crippen LogP contribution is 2.31. The molecule has 0 spiro atoms. The largest absolute Gasteiger partial charge is 0.495 e. The summed E-state index contributed by atoms with van der Waals surface area (Å²) in [5, 5.41) is 3.70. The van der Waals surface area contributed by atoms with E-state index in [0.717, 1.165) is 16.1 Å². The highest BCUT2D eigenvalue weighted by atomic mass is 35.5. The fourth-order valence-corrected chi connectivity index (χ4v) is 5.59. The molecule has 0 radical (unpaired) electrons. The summed E-state index contributed by atoms with van der Waals surface area (Å²) in [6.07, 6.45) is 1.90. The van der Waals surface area contributed by atoms with E-state index in [1.54, 1.807) is 18.2 Å². The first-order valence-electron chi connectivity index (χ1n) is 12.8. The molecule has 0 unspecified atom stereocenters. The van der Waals surface area contributed by atoms with Gasteiger partial charge in [-0.25, -0.2) is 8.42 Å². The normalized spacial score (nSPS) is 12.0. The summed E-state index contributed by atoms with van der Waals surface area (Å²) in [7, 11) is -2.50. The molecule has 0 aliphatic carbocycles. The van der Waals surface area contributed by atoms with Gasteiger partial charge in [0.1, 0.15) is 18.3 Å². The number of nitrogens with one attached hydrogen (secondary N) is 1. The second-order valence-electron chi connectivity index (χ2n) is 9.36. The highest BCUT2D eigenvalue weighted by Gasteiger charge is 2.33. The van der Waals surface area contributed by atoms with Crippen molar-refractivity contribution in [3.63, 3.8) is 0 Å². The molecule has 1 N–H and O–H groups in total. The second kappa shape index (κ2) is 14.8. The first-order valence-corrected chi connectivity index (χ1v) is 15.8. The van der Waals surface area contributed by atoms with Gasteiger partial charge in [0.25, 0.3) is 0 Å². The number of sulfonamides is 1. The van der Waals surface area contributed by atoms with Gasteiger partial charge in [0.05, 0.1) is 34.1 Å². The van der Waals surface area contributed by atoms with Crippen molar-refractivity contribution in [2.24, 2.45) is 0 Å². The van der Waals surface area contributed by atoms with Gasteiger partial charge in [0, 0.05) is 19.5 Å². The summed E-state index contributed by atoms with van der Waals surface area (Å²) in [6, 6.07) is 17.7. The van der Waals surface area contributed by atoms with Crippen LogP contribution in [-0.2, 0) is 32.6 Å². The Morgan fingerprint density at radius 1 is 0.927 bits per heavy atom. The summed E-state index contributed by atoms with van der Waals surface area (Å²) >= 11 is 18.6. The van der Waals surface area contributed by atoms with Crippen molar-refractivity contribution >= 4 is 62.3 Å². The lowest BCUT2D eigenvalue weighted by atomic mass is 10.0. The number of carbonyl (C=O) groups excluding carboxylic acids is 2. The van der Waals surface area contributed by atoms with Gasteiger partial charge >= 0.3 is 0 Å². The lowest BCUT2D eigenvalue weighted by Crippen LogP contribution is -2.53. The zero-order valence-corrected chi connectivity index (χ0v) is 26.0. The quantitative estimate of drug-likeness (QED) is 0.263. The van der Waals surface area contributed by atoms with Crippen LogP contribution in [0, 0.1) is 0 Å². The number of halogens is 3. The van der Waals surface area contributed by atoms with Gasteiger partial charge in [0.2, 0.25) is 21.8 Å². The van der Waals surface area contributed by atoms with Gasteiger partial charge in [-0.1, -0.05) is 78.1 Å². The number of rotatable bonds is 13. The van der Waals surface area contributed by atoms with E-state index in [0.29, 0.717) is 29.3 Å². The van der Waals surface area contributed by atoms with Crippen LogP contribution >= 0.6 is 34.8 Å². The molecule has 1 atom stereocenters. The van der Waals surface area contributed by atoms with Crippen molar-refractivity contribution in [3.05, 3.63) is 92.9 Å². The molecule has 12 heteroatoms. The number of methoxy groups -OCH3 is 1. The molecule has 220 valence electrons. The molecule has 2 amide bonds. The molecule has 3 aromatic rings. The topological polar surface area (TPSA) is 96.0 Å². The third-order valence-electron chi connectivity index (χ3n) is 6.26. The first-order chi connectivity index (χ1) is 19.4. The van der Waals surface area contributed by atoms with Crippen LogP contribution in [0.25, 0.3) is 0 Å². The third-order valence-corrected chi connectivity index (χ3v) is 8.43. The maximum atomic E-state index is 14.1. The molecule has 0 heterocycles. The zero-order chi connectivity index (χ0) is 30.2. The third kappa shape index (κ3) is 9.00. The molecular weight excluding hydrogens is 609 g/mol. The van der Waals surface area contributed by atoms with Crippen molar-refractivity contribution < 1.29 is 22.7 Å². The Balaban J connectivity index is 2.07. The minimum atomic E-state index is -3.94. The molecule has 0 saturated carbocycles. The van der Waals surface area contributed by atoms with Gasteiger partial charge < -0.3 is 15.0 Å². The molecule has 0 bridgehead atoms. The van der Waals surface area contributed by atoms with E-state index in [2.05, 4.69) is 5.32 Å². The SMILES string of the molecule is CCCNC(=O)[C@H](Cc1ccccc1)N(Cc1ccc(Cl)c(Cl)c1)C(=O)CN(c1ccc(OC)c(Cl)c1)S(C)(=O)=O. The molecule has 3 rings (SSSR count). The first kappa shape index (κ1) is 32.5. The van der Waals surface area contributed by atoms with Crippen molar-refractivity contribution in [2.45, 2.75) is 32.4 Å². The van der Waals surface area contributed by atoms with Gasteiger partial charge in [-0.15, -0.1) is 0 Å². The van der Waals surface area contributed by atoms with E-state index in [-0.39, 0.29) is 34.6 Å². The number of hydrogen-bond acceptors (Lipinski definition) is 5. The molecule has 41 heavy (non-hydrogen) atoms. The van der Waals surface area contributed by atoms with Crippen molar-refractivity contribution in [1.29, 1.82) is 0 Å². The molecule has 0 saturated heterocycles. The number of carbonyl (C=O) groups is 2. The van der Waals surface area contributed by atoms with Crippen LogP contribution in [-0.4, -0.2) is 57.6 Å². The number of amides is 2. The molecule has 0 aliphatic rings. The van der Waals surface area contributed by atoms with Crippen LogP contribution in [0.2, 0.25) is 15.1 Å². The summed E-state index contributed by atoms with van der Waals surface area (Å²) in [4.78, 5) is 29.0. The number of ether oxygens (including phenoxy) is 1. The number of nitrogens with zero attached hydrogens (tertiary/aromatic N) is 2. The van der Waals surface area contributed by atoms with Gasteiger partial charge in [-0.2, -0.15) is 0 Å². The Bertz CT molecular complexity index is 1470. The predicted molar refractivity (Wildman–Crippen MR) is 164 cm³/mol. The molecule has 3 aromatic carbocycles. The van der Waals surface area contributed by atoms with E-state index in [1.165, 1.54) is 30.2 Å². The van der Waals surface area contributed by atoms with E-state index < -0.39 is 28.5 Å². The standard InChI is InChI=1S/C29H32Cl3N3O5S/c1-4-14-33-29(37)26(16-20-8-6-5-7-9-20)34(18-21-10-12-23(30)24(31)15-21)28(36)19-35(41(3,38)39)22-11-13-27(40-2)25(32)17-22/h5-13,15,17,26H,4,14,16,18-19H2,1-3H3,(H,33,37)/t26-/m0/s1. The van der Waals surface area contributed by atoms with Crippen molar-refractivity contribution in [3.8, 4) is 5.75 Å². The van der Waals surface area contributed by atoms with Crippen LogP contribution in [0.4, 0.5) is 5.69 Å². The van der Waals surface area contributed by atoms with Crippen molar-refractivity contribution in [1.82, 2.24) is 10.2 Å². The minimum absolute atomic E-state index is 0.0201. The summed E-state index contributed by atoms with van der Waals surface area (Å²) in [5.41, 5.74) is 1.63. The van der Waals surface area contributed by atoms with Gasteiger partial charge in [-0.05, 0) is 47.9 Å². The summed E-state index contributed by atoms with van der Waals surface area (Å²) < 4.78 is 31.9. The summed E-state index contributed by atoms with van der Waals surface area (Å²) in [6.45, 7) is 1.75. The maximum Gasteiger partial charge on any atom is 0.244 e. The number of hydrogen-bond donors (Lipinski definition) is 1. The molecule has 0 aliphatic heterocycles. The average Bonchev–Trinajstić information content (AvgIpc) is 2.93. The molecular formula is C29H32Cl3N3O5S. The zero-order valence-electron chi connectivity index (χ0n) is 22.9. The maximum absolute atomic E-state index is 14.1. The highest BCUT2D eigenvalue weighted by molar-refractivity contribution is 7.92. The van der Waals surface area contributed by atoms with Crippen LogP contribution in [0.1, 0.15) is 24.5 Å². The lowest BCUT2D eigenvalue weighted by molar-refractivity contribution is -0.140. The number of benzene rings is 3. The van der Waals surface area contributed by atoms with Gasteiger partial charge in [0.15, 0.2) is 0 Å². The predicted octanol–water partition coefficient (Wildman–Crippen LogP) is 5.59. The lowest BCUT2D eigenvalue weighted by Gasteiger charge is -2.33. The van der Waals surface area contributed by atoms with E-state index >= 15 is 0 Å².